The van der Waals surface area contributed by atoms with Crippen molar-refractivity contribution >= 4 is 23.8 Å². The molecule has 0 aromatic heterocycles. The molecule has 142 valence electrons. The number of hydrogen-bond donors (Lipinski definition) is 3. The standard InChI is InChI=1S/C19H23N5O3/c1-3-26-17-10-14(11-22-24-19(20)21)7-8-16(17)27-12-18(25)23-15-6-4-5-13(2)9-15/h4-11H,3,12H2,1-2H3,(H,23,25)(H4,20,21,24). The fourth-order valence-corrected chi connectivity index (χ4v) is 2.22. The molecule has 0 unspecified atom stereocenters. The highest BCUT2D eigenvalue weighted by molar-refractivity contribution is 5.92. The largest absolute Gasteiger partial charge is 0.490 e. The second kappa shape index (κ2) is 9.81. The monoisotopic (exact) mass is 369 g/mol. The van der Waals surface area contributed by atoms with E-state index < -0.39 is 0 Å². The van der Waals surface area contributed by atoms with Gasteiger partial charge in [-0.3, -0.25) is 4.79 Å². The number of carbonyl (C=O) groups excluding carboxylic acids is 1. The normalized spacial score (nSPS) is 10.4. The fraction of sp³-hybridized carbons (Fsp3) is 0.211. The van der Waals surface area contributed by atoms with Gasteiger partial charge in [0.15, 0.2) is 18.1 Å². The lowest BCUT2D eigenvalue weighted by atomic mass is 10.2. The molecular formula is C19H23N5O3. The molecule has 0 bridgehead atoms. The highest BCUT2D eigenvalue weighted by Gasteiger charge is 2.09. The van der Waals surface area contributed by atoms with Crippen LogP contribution in [-0.2, 0) is 4.79 Å². The van der Waals surface area contributed by atoms with Gasteiger partial charge in [0, 0.05) is 5.69 Å². The van der Waals surface area contributed by atoms with E-state index in [-0.39, 0.29) is 18.5 Å². The maximum absolute atomic E-state index is 12.1. The first-order valence-electron chi connectivity index (χ1n) is 8.36. The van der Waals surface area contributed by atoms with E-state index in [9.17, 15) is 4.79 Å². The van der Waals surface area contributed by atoms with Gasteiger partial charge in [-0.2, -0.15) is 5.10 Å². The molecule has 0 aliphatic rings. The molecule has 27 heavy (non-hydrogen) atoms. The molecule has 5 N–H and O–H groups in total. The van der Waals surface area contributed by atoms with Gasteiger partial charge in [0.25, 0.3) is 5.91 Å². The van der Waals surface area contributed by atoms with Crippen LogP contribution in [0.25, 0.3) is 0 Å². The fourth-order valence-electron chi connectivity index (χ4n) is 2.22. The summed E-state index contributed by atoms with van der Waals surface area (Å²) in [4.78, 5) is 12.1. The third-order valence-electron chi connectivity index (χ3n) is 3.31. The molecule has 0 aliphatic carbocycles. The third-order valence-corrected chi connectivity index (χ3v) is 3.31. The molecule has 0 spiro atoms. The lowest BCUT2D eigenvalue weighted by molar-refractivity contribution is -0.118. The minimum Gasteiger partial charge on any atom is -0.490 e. The number of anilines is 1. The van der Waals surface area contributed by atoms with E-state index in [4.69, 9.17) is 20.9 Å². The van der Waals surface area contributed by atoms with E-state index in [1.165, 1.54) is 6.21 Å². The zero-order chi connectivity index (χ0) is 19.6. The van der Waals surface area contributed by atoms with Crippen LogP contribution in [-0.4, -0.2) is 31.3 Å². The summed E-state index contributed by atoms with van der Waals surface area (Å²) in [5.41, 5.74) is 12.9. The summed E-state index contributed by atoms with van der Waals surface area (Å²) in [6.07, 6.45) is 1.48. The summed E-state index contributed by atoms with van der Waals surface area (Å²) in [6.45, 7) is 4.11. The first-order chi connectivity index (χ1) is 13.0. The number of nitrogens with one attached hydrogen (secondary N) is 1. The SMILES string of the molecule is CCOc1cc(C=NN=C(N)N)ccc1OCC(=O)Nc1cccc(C)c1. The third kappa shape index (κ3) is 6.69. The topological polar surface area (TPSA) is 124 Å². The summed E-state index contributed by atoms with van der Waals surface area (Å²) in [5.74, 6) is 0.557. The van der Waals surface area contributed by atoms with Gasteiger partial charge < -0.3 is 26.3 Å². The second-order valence-electron chi connectivity index (χ2n) is 5.61. The zero-order valence-electron chi connectivity index (χ0n) is 15.3. The number of benzene rings is 2. The van der Waals surface area contributed by atoms with E-state index in [0.717, 1.165) is 16.8 Å². The first-order valence-corrected chi connectivity index (χ1v) is 8.36. The molecule has 0 aliphatic heterocycles. The van der Waals surface area contributed by atoms with Gasteiger partial charge in [-0.1, -0.05) is 12.1 Å². The van der Waals surface area contributed by atoms with Gasteiger partial charge in [0.05, 0.1) is 12.8 Å². The van der Waals surface area contributed by atoms with Crippen LogP contribution < -0.4 is 26.3 Å². The Kier molecular flexibility index (Phi) is 7.18. The maximum atomic E-state index is 12.1. The van der Waals surface area contributed by atoms with E-state index in [1.807, 2.05) is 38.1 Å². The van der Waals surface area contributed by atoms with Gasteiger partial charge in [0.1, 0.15) is 0 Å². The number of guanidine groups is 1. The van der Waals surface area contributed by atoms with E-state index in [1.54, 1.807) is 18.2 Å². The number of amides is 1. The van der Waals surface area contributed by atoms with Crippen molar-refractivity contribution in [2.45, 2.75) is 13.8 Å². The minimum atomic E-state index is -0.263. The van der Waals surface area contributed by atoms with Crippen LogP contribution in [0.2, 0.25) is 0 Å². The Bertz CT molecular complexity index is 845. The van der Waals surface area contributed by atoms with Crippen molar-refractivity contribution in [2.75, 3.05) is 18.5 Å². The molecule has 1 amide bonds. The quantitative estimate of drug-likeness (QED) is 0.373. The smallest absolute Gasteiger partial charge is 0.262 e. The lowest BCUT2D eigenvalue weighted by Gasteiger charge is -2.12. The van der Waals surface area contributed by atoms with Gasteiger partial charge in [-0.05, 0) is 55.3 Å². The Balaban J connectivity index is 2.02. The number of aryl methyl sites for hydroxylation is 1. The Morgan fingerprint density at radius 1 is 1.15 bits per heavy atom. The number of carbonyl (C=O) groups is 1. The minimum absolute atomic E-state index is 0.129. The van der Waals surface area contributed by atoms with Gasteiger partial charge in [-0.25, -0.2) is 0 Å². The number of ether oxygens (including phenoxy) is 2. The molecule has 0 fully saturated rings. The first kappa shape index (κ1) is 19.8. The predicted molar refractivity (Wildman–Crippen MR) is 106 cm³/mol. The Labute approximate surface area is 157 Å². The van der Waals surface area contributed by atoms with Crippen molar-refractivity contribution < 1.29 is 14.3 Å². The van der Waals surface area contributed by atoms with Crippen LogP contribution in [0.5, 0.6) is 11.5 Å². The molecule has 2 aromatic rings. The molecule has 0 saturated carbocycles. The van der Waals surface area contributed by atoms with Crippen molar-refractivity contribution in [2.24, 2.45) is 21.7 Å². The summed E-state index contributed by atoms with van der Waals surface area (Å²) in [7, 11) is 0. The van der Waals surface area contributed by atoms with Crippen molar-refractivity contribution in [1.29, 1.82) is 0 Å². The van der Waals surface area contributed by atoms with Gasteiger partial charge in [0.2, 0.25) is 5.96 Å². The van der Waals surface area contributed by atoms with Crippen LogP contribution in [0.15, 0.2) is 52.7 Å². The Hall–Kier alpha value is -3.55. The number of nitrogens with zero attached hydrogens (tertiary/aromatic N) is 2. The summed E-state index contributed by atoms with van der Waals surface area (Å²) in [5, 5.41) is 10.1. The molecule has 0 saturated heterocycles. The predicted octanol–water partition coefficient (Wildman–Crippen LogP) is 2.02. The molecule has 0 heterocycles. The van der Waals surface area contributed by atoms with Gasteiger partial charge in [-0.15, -0.1) is 5.10 Å². The highest BCUT2D eigenvalue weighted by atomic mass is 16.5. The van der Waals surface area contributed by atoms with Crippen LogP contribution in [0, 0.1) is 6.92 Å². The van der Waals surface area contributed by atoms with Gasteiger partial charge >= 0.3 is 0 Å². The van der Waals surface area contributed by atoms with Crippen LogP contribution in [0.3, 0.4) is 0 Å². The van der Waals surface area contributed by atoms with E-state index in [2.05, 4.69) is 15.5 Å². The summed E-state index contributed by atoms with van der Waals surface area (Å²) >= 11 is 0. The van der Waals surface area contributed by atoms with E-state index >= 15 is 0 Å². The average molecular weight is 369 g/mol. The Morgan fingerprint density at radius 3 is 2.67 bits per heavy atom. The molecule has 8 nitrogen and oxygen atoms in total. The van der Waals surface area contributed by atoms with E-state index in [0.29, 0.717) is 18.1 Å². The summed E-state index contributed by atoms with van der Waals surface area (Å²) < 4.78 is 11.2. The van der Waals surface area contributed by atoms with Crippen molar-refractivity contribution in [3.63, 3.8) is 0 Å². The highest BCUT2D eigenvalue weighted by Crippen LogP contribution is 2.28. The summed E-state index contributed by atoms with van der Waals surface area (Å²) in [6, 6.07) is 12.7. The van der Waals surface area contributed by atoms with Crippen LogP contribution >= 0.6 is 0 Å². The van der Waals surface area contributed by atoms with Crippen LogP contribution in [0.1, 0.15) is 18.1 Å². The maximum Gasteiger partial charge on any atom is 0.262 e. The van der Waals surface area contributed by atoms with Crippen LogP contribution in [0.4, 0.5) is 5.69 Å². The Morgan fingerprint density at radius 2 is 1.96 bits per heavy atom. The van der Waals surface area contributed by atoms with Crippen molar-refractivity contribution in [1.82, 2.24) is 0 Å². The zero-order valence-corrected chi connectivity index (χ0v) is 15.3. The number of rotatable bonds is 8. The van der Waals surface area contributed by atoms with Crippen molar-refractivity contribution in [3.05, 3.63) is 53.6 Å². The second-order valence-corrected chi connectivity index (χ2v) is 5.61. The average Bonchev–Trinajstić information content (AvgIpc) is 2.61. The number of nitrogens with two attached hydrogens (primary N) is 2. The lowest BCUT2D eigenvalue weighted by Crippen LogP contribution is -2.21. The molecular weight excluding hydrogens is 346 g/mol. The molecule has 0 radical (unpaired) electrons. The molecule has 0 atom stereocenters. The van der Waals surface area contributed by atoms with Crippen molar-refractivity contribution in [3.8, 4) is 11.5 Å². The number of hydrogen-bond acceptors (Lipinski definition) is 5. The molecule has 2 rings (SSSR count). The molecule has 2 aromatic carbocycles. The molecule has 8 heteroatoms.